The number of pyridine rings is 1. The quantitative estimate of drug-likeness (QED) is 0.502. The molecule has 1 fully saturated rings. The predicted molar refractivity (Wildman–Crippen MR) is 130 cm³/mol. The van der Waals surface area contributed by atoms with Gasteiger partial charge in [0.05, 0.1) is 31.9 Å². The highest BCUT2D eigenvalue weighted by molar-refractivity contribution is 5.79. The number of methoxy groups -OCH3 is 2. The number of carbonyl (C=O) groups excluding carboxylic acids is 1. The van der Waals surface area contributed by atoms with Crippen LogP contribution < -0.4 is 20.7 Å². The molecule has 0 radical (unpaired) electrons. The fraction of sp³-hybridized carbons (Fsp3) is 0.440. The van der Waals surface area contributed by atoms with Crippen LogP contribution in [0.1, 0.15) is 19.4 Å². The van der Waals surface area contributed by atoms with E-state index in [1.54, 1.807) is 37.3 Å². The second kappa shape index (κ2) is 10.3. The Morgan fingerprint density at radius 2 is 1.77 bits per heavy atom. The molecule has 0 saturated carbocycles. The number of fused-ring (bicyclic) bond motifs is 1. The standard InChI is InChI=1S/C25H30N4O6/c1-16-13-27(14-17(2)35-16)22(30)15-29-19-6-5-10-26-23(19)24(31)28(25(29)32)11-9-18-7-8-20(33-3)21(12-18)34-4/h5-8,10,12,16-17H,9,11,13-15H2,1-4H3. The van der Waals surface area contributed by atoms with E-state index in [1.807, 2.05) is 26.0 Å². The fourth-order valence-corrected chi connectivity index (χ4v) is 4.49. The molecule has 0 aliphatic carbocycles. The Morgan fingerprint density at radius 3 is 2.46 bits per heavy atom. The Kier molecular flexibility index (Phi) is 7.20. The van der Waals surface area contributed by atoms with Crippen molar-refractivity contribution in [1.82, 2.24) is 19.0 Å². The van der Waals surface area contributed by atoms with Gasteiger partial charge in [-0.3, -0.25) is 18.7 Å². The minimum atomic E-state index is -0.543. The largest absolute Gasteiger partial charge is 0.493 e. The maximum absolute atomic E-state index is 13.5. The monoisotopic (exact) mass is 482 g/mol. The van der Waals surface area contributed by atoms with Crippen molar-refractivity contribution >= 4 is 16.9 Å². The van der Waals surface area contributed by atoms with Crippen molar-refractivity contribution in [1.29, 1.82) is 0 Å². The SMILES string of the molecule is COc1ccc(CCn2c(=O)c3ncccc3n(CC(=O)N3CC(C)OC(C)C3)c2=O)cc1OC. The lowest BCUT2D eigenvalue weighted by molar-refractivity contribution is -0.143. The first-order valence-corrected chi connectivity index (χ1v) is 11.5. The molecule has 1 aliphatic rings. The number of benzene rings is 1. The van der Waals surface area contributed by atoms with E-state index in [2.05, 4.69) is 4.98 Å². The maximum Gasteiger partial charge on any atom is 0.332 e. The number of aromatic nitrogens is 3. The number of ether oxygens (including phenoxy) is 3. The van der Waals surface area contributed by atoms with Crippen molar-refractivity contribution in [3.63, 3.8) is 0 Å². The lowest BCUT2D eigenvalue weighted by atomic mass is 10.1. The average Bonchev–Trinajstić information content (AvgIpc) is 2.85. The summed E-state index contributed by atoms with van der Waals surface area (Å²) in [6, 6.07) is 8.73. The normalized spacial score (nSPS) is 18.0. The van der Waals surface area contributed by atoms with Crippen LogP contribution in [0.3, 0.4) is 0 Å². The van der Waals surface area contributed by atoms with E-state index in [9.17, 15) is 14.4 Å². The Bertz CT molecular complexity index is 1340. The van der Waals surface area contributed by atoms with Gasteiger partial charge in [-0.25, -0.2) is 9.78 Å². The molecule has 3 aromatic rings. The minimum Gasteiger partial charge on any atom is -0.493 e. The molecule has 2 atom stereocenters. The van der Waals surface area contributed by atoms with Gasteiger partial charge in [0, 0.05) is 25.8 Å². The van der Waals surface area contributed by atoms with E-state index in [1.165, 1.54) is 10.8 Å². The van der Waals surface area contributed by atoms with Gasteiger partial charge in [0.1, 0.15) is 6.54 Å². The number of aryl methyl sites for hydroxylation is 1. The van der Waals surface area contributed by atoms with Crippen LogP contribution in [0.2, 0.25) is 0 Å². The molecule has 1 saturated heterocycles. The summed E-state index contributed by atoms with van der Waals surface area (Å²) < 4.78 is 18.8. The lowest BCUT2D eigenvalue weighted by Gasteiger charge is -2.35. The van der Waals surface area contributed by atoms with Gasteiger partial charge in [0.2, 0.25) is 5.91 Å². The molecule has 1 aliphatic heterocycles. The summed E-state index contributed by atoms with van der Waals surface area (Å²) in [6.45, 7) is 4.67. The van der Waals surface area contributed by atoms with E-state index in [4.69, 9.17) is 14.2 Å². The van der Waals surface area contributed by atoms with Gasteiger partial charge < -0.3 is 19.1 Å². The Balaban J connectivity index is 1.67. The molecule has 186 valence electrons. The van der Waals surface area contributed by atoms with Crippen LogP contribution in [0.15, 0.2) is 46.1 Å². The van der Waals surface area contributed by atoms with Gasteiger partial charge in [-0.05, 0) is 50.1 Å². The summed E-state index contributed by atoms with van der Waals surface area (Å²) in [6.07, 6.45) is 1.73. The summed E-state index contributed by atoms with van der Waals surface area (Å²) in [7, 11) is 3.11. The van der Waals surface area contributed by atoms with Crippen molar-refractivity contribution in [3.8, 4) is 11.5 Å². The number of morpholine rings is 1. The molecule has 1 aromatic carbocycles. The molecule has 2 aromatic heterocycles. The Morgan fingerprint density at radius 1 is 1.06 bits per heavy atom. The molecule has 35 heavy (non-hydrogen) atoms. The van der Waals surface area contributed by atoms with Crippen LogP contribution in [-0.2, 0) is 29.0 Å². The summed E-state index contributed by atoms with van der Waals surface area (Å²) in [5, 5.41) is 0. The highest BCUT2D eigenvalue weighted by atomic mass is 16.5. The molecule has 10 heteroatoms. The van der Waals surface area contributed by atoms with E-state index in [0.717, 1.165) is 10.1 Å². The lowest BCUT2D eigenvalue weighted by Crippen LogP contribution is -2.50. The Hall–Kier alpha value is -3.66. The van der Waals surface area contributed by atoms with Gasteiger partial charge in [0.25, 0.3) is 5.56 Å². The van der Waals surface area contributed by atoms with Crippen LogP contribution in [-0.4, -0.2) is 64.4 Å². The average molecular weight is 483 g/mol. The molecular formula is C25H30N4O6. The van der Waals surface area contributed by atoms with E-state index < -0.39 is 11.2 Å². The molecule has 0 bridgehead atoms. The molecular weight excluding hydrogens is 452 g/mol. The summed E-state index contributed by atoms with van der Waals surface area (Å²) in [5.74, 6) is 0.954. The number of carbonyl (C=O) groups is 1. The molecule has 0 N–H and O–H groups in total. The molecule has 0 spiro atoms. The highest BCUT2D eigenvalue weighted by Gasteiger charge is 2.27. The third-order valence-corrected chi connectivity index (χ3v) is 6.12. The van der Waals surface area contributed by atoms with Crippen LogP contribution >= 0.6 is 0 Å². The number of hydrogen-bond acceptors (Lipinski definition) is 7. The fourth-order valence-electron chi connectivity index (χ4n) is 4.49. The first kappa shape index (κ1) is 24.5. The maximum atomic E-state index is 13.5. The van der Waals surface area contributed by atoms with E-state index >= 15 is 0 Å². The van der Waals surface area contributed by atoms with Crippen molar-refractivity contribution in [3.05, 3.63) is 62.9 Å². The zero-order valence-electron chi connectivity index (χ0n) is 20.4. The zero-order chi connectivity index (χ0) is 25.1. The first-order chi connectivity index (χ1) is 16.8. The number of hydrogen-bond donors (Lipinski definition) is 0. The molecule has 4 rings (SSSR count). The molecule has 10 nitrogen and oxygen atoms in total. The summed E-state index contributed by atoms with van der Waals surface area (Å²) in [4.78, 5) is 45.7. The smallest absolute Gasteiger partial charge is 0.332 e. The van der Waals surface area contributed by atoms with Gasteiger partial charge in [-0.1, -0.05) is 6.07 Å². The molecule has 1 amide bonds. The van der Waals surface area contributed by atoms with Gasteiger partial charge in [-0.2, -0.15) is 0 Å². The topological polar surface area (TPSA) is 105 Å². The molecule has 3 heterocycles. The highest BCUT2D eigenvalue weighted by Crippen LogP contribution is 2.27. The number of amides is 1. The van der Waals surface area contributed by atoms with Crippen molar-refractivity contribution in [2.75, 3.05) is 27.3 Å². The van der Waals surface area contributed by atoms with Gasteiger partial charge in [0.15, 0.2) is 17.0 Å². The second-order valence-electron chi connectivity index (χ2n) is 8.69. The zero-order valence-corrected chi connectivity index (χ0v) is 20.4. The first-order valence-electron chi connectivity index (χ1n) is 11.5. The van der Waals surface area contributed by atoms with Crippen molar-refractivity contribution in [2.45, 2.75) is 45.6 Å². The summed E-state index contributed by atoms with van der Waals surface area (Å²) >= 11 is 0. The van der Waals surface area contributed by atoms with Crippen molar-refractivity contribution in [2.24, 2.45) is 0 Å². The third-order valence-electron chi connectivity index (χ3n) is 6.12. The Labute approximate surface area is 202 Å². The van der Waals surface area contributed by atoms with Crippen molar-refractivity contribution < 1.29 is 19.0 Å². The number of nitrogens with zero attached hydrogens (tertiary/aromatic N) is 4. The van der Waals surface area contributed by atoms with Crippen LogP contribution in [0.4, 0.5) is 0 Å². The van der Waals surface area contributed by atoms with Gasteiger partial charge >= 0.3 is 5.69 Å². The van der Waals surface area contributed by atoms with E-state index in [-0.39, 0.29) is 36.7 Å². The minimum absolute atomic E-state index is 0.0896. The van der Waals surface area contributed by atoms with Crippen LogP contribution in [0.25, 0.3) is 11.0 Å². The predicted octanol–water partition coefficient (Wildman–Crippen LogP) is 1.45. The summed E-state index contributed by atoms with van der Waals surface area (Å²) in [5.41, 5.74) is 0.333. The third kappa shape index (κ3) is 5.07. The molecule has 2 unspecified atom stereocenters. The van der Waals surface area contributed by atoms with Crippen LogP contribution in [0.5, 0.6) is 11.5 Å². The van der Waals surface area contributed by atoms with Gasteiger partial charge in [-0.15, -0.1) is 0 Å². The second-order valence-corrected chi connectivity index (χ2v) is 8.69. The van der Waals surface area contributed by atoms with E-state index in [0.29, 0.717) is 36.5 Å². The van der Waals surface area contributed by atoms with Crippen LogP contribution in [0, 0.1) is 0 Å². The number of rotatable bonds is 7.